The number of nitrogens with zero attached hydrogens (tertiary/aromatic N) is 2. The summed E-state index contributed by atoms with van der Waals surface area (Å²) in [5.74, 6) is 1.77. The van der Waals surface area contributed by atoms with Gasteiger partial charge in [-0.1, -0.05) is 13.3 Å². The van der Waals surface area contributed by atoms with Gasteiger partial charge in [0.25, 0.3) is 0 Å². The van der Waals surface area contributed by atoms with Gasteiger partial charge in [0, 0.05) is 25.2 Å². The zero-order valence-corrected chi connectivity index (χ0v) is 11.2. The Morgan fingerprint density at radius 2 is 2.06 bits per heavy atom. The second kappa shape index (κ2) is 4.52. The molecule has 3 heterocycles. The average molecular weight is 237 g/mol. The molecule has 2 bridgehead atoms. The summed E-state index contributed by atoms with van der Waals surface area (Å²) in [6, 6.07) is 0. The first-order valence-corrected chi connectivity index (χ1v) is 7.46. The molecule has 17 heavy (non-hydrogen) atoms. The molecule has 4 atom stereocenters. The van der Waals surface area contributed by atoms with E-state index in [9.17, 15) is 0 Å². The lowest BCUT2D eigenvalue weighted by atomic mass is 9.77. The maximum atomic E-state index is 6.23. The van der Waals surface area contributed by atoms with Crippen LogP contribution in [0.15, 0.2) is 0 Å². The molecule has 0 radical (unpaired) electrons. The molecule has 3 aliphatic heterocycles. The van der Waals surface area contributed by atoms with Gasteiger partial charge >= 0.3 is 0 Å². The lowest BCUT2D eigenvalue weighted by molar-refractivity contribution is 0.0222. The molecule has 0 amide bonds. The van der Waals surface area contributed by atoms with E-state index in [1.807, 2.05) is 0 Å². The van der Waals surface area contributed by atoms with Gasteiger partial charge in [0.15, 0.2) is 0 Å². The van der Waals surface area contributed by atoms with Crippen LogP contribution in [0.2, 0.25) is 0 Å². The Morgan fingerprint density at radius 1 is 1.18 bits per heavy atom. The smallest absolute Gasteiger partial charge is 0.0384 e. The van der Waals surface area contributed by atoms with Crippen LogP contribution in [0.3, 0.4) is 0 Å². The summed E-state index contributed by atoms with van der Waals surface area (Å²) in [7, 11) is 0. The summed E-state index contributed by atoms with van der Waals surface area (Å²) in [5, 5.41) is 0. The van der Waals surface area contributed by atoms with E-state index < -0.39 is 0 Å². The van der Waals surface area contributed by atoms with E-state index in [1.54, 1.807) is 0 Å². The summed E-state index contributed by atoms with van der Waals surface area (Å²) < 4.78 is 0. The molecule has 3 rings (SSSR count). The van der Waals surface area contributed by atoms with Crippen molar-refractivity contribution in [3.05, 3.63) is 0 Å². The predicted molar refractivity (Wildman–Crippen MR) is 70.9 cm³/mol. The van der Waals surface area contributed by atoms with Gasteiger partial charge in [-0.2, -0.15) is 0 Å². The molecule has 3 heteroatoms. The number of nitrogens with two attached hydrogens (primary N) is 1. The summed E-state index contributed by atoms with van der Waals surface area (Å²) >= 11 is 0. The first kappa shape index (κ1) is 11.9. The molecule has 3 aliphatic rings. The Hall–Kier alpha value is -0.120. The van der Waals surface area contributed by atoms with E-state index in [0.717, 1.165) is 18.4 Å². The van der Waals surface area contributed by atoms with Gasteiger partial charge < -0.3 is 10.6 Å². The van der Waals surface area contributed by atoms with Gasteiger partial charge in [-0.3, -0.25) is 4.90 Å². The van der Waals surface area contributed by atoms with Crippen molar-refractivity contribution >= 4 is 0 Å². The largest absolute Gasteiger partial charge is 0.329 e. The molecule has 0 spiro atoms. The van der Waals surface area contributed by atoms with Crippen LogP contribution in [0.25, 0.3) is 0 Å². The van der Waals surface area contributed by atoms with Crippen LogP contribution >= 0.6 is 0 Å². The number of fused-ring (bicyclic) bond motifs is 2. The van der Waals surface area contributed by atoms with Crippen molar-refractivity contribution in [2.45, 2.75) is 38.1 Å². The van der Waals surface area contributed by atoms with Crippen LogP contribution in [0.5, 0.6) is 0 Å². The number of piperidine rings is 1. The Labute approximate surface area is 105 Å². The molecule has 3 saturated heterocycles. The number of hydrogen-bond acceptors (Lipinski definition) is 3. The first-order valence-electron chi connectivity index (χ1n) is 7.46. The zero-order chi connectivity index (χ0) is 11.9. The van der Waals surface area contributed by atoms with E-state index in [1.165, 1.54) is 58.4 Å². The molecule has 0 aromatic heterocycles. The van der Waals surface area contributed by atoms with E-state index in [0.29, 0.717) is 5.54 Å². The fourth-order valence-corrected chi connectivity index (χ4v) is 4.41. The molecular formula is C14H27N3. The van der Waals surface area contributed by atoms with E-state index in [-0.39, 0.29) is 0 Å². The molecule has 3 fully saturated rings. The summed E-state index contributed by atoms with van der Waals surface area (Å²) in [6.07, 6.45) is 5.43. The van der Waals surface area contributed by atoms with Crippen LogP contribution < -0.4 is 5.73 Å². The maximum Gasteiger partial charge on any atom is 0.0384 e. The topological polar surface area (TPSA) is 32.5 Å². The monoisotopic (exact) mass is 237 g/mol. The number of rotatable bonds is 3. The Kier molecular flexibility index (Phi) is 3.18. The van der Waals surface area contributed by atoms with Crippen LogP contribution in [-0.4, -0.2) is 54.6 Å². The molecule has 0 aromatic rings. The van der Waals surface area contributed by atoms with Crippen LogP contribution in [0.4, 0.5) is 0 Å². The number of hydrogen-bond donors (Lipinski definition) is 1. The lowest BCUT2D eigenvalue weighted by Gasteiger charge is -2.49. The second-order valence-electron chi connectivity index (χ2n) is 6.35. The minimum atomic E-state index is 0.358. The minimum absolute atomic E-state index is 0.358. The average Bonchev–Trinajstić information content (AvgIpc) is 2.99. The molecule has 0 aromatic carbocycles. The van der Waals surface area contributed by atoms with Crippen molar-refractivity contribution < 1.29 is 0 Å². The molecule has 0 aliphatic carbocycles. The fourth-order valence-electron chi connectivity index (χ4n) is 4.41. The molecular weight excluding hydrogens is 210 g/mol. The number of likely N-dealkylation sites (tertiary alicyclic amines) is 1. The molecule has 3 nitrogen and oxygen atoms in total. The van der Waals surface area contributed by atoms with Crippen molar-refractivity contribution in [1.82, 2.24) is 9.80 Å². The lowest BCUT2D eigenvalue weighted by Crippen LogP contribution is -2.61. The summed E-state index contributed by atoms with van der Waals surface area (Å²) in [6.45, 7) is 9.72. The predicted octanol–water partition coefficient (Wildman–Crippen LogP) is 1.14. The van der Waals surface area contributed by atoms with Crippen molar-refractivity contribution in [3.63, 3.8) is 0 Å². The summed E-state index contributed by atoms with van der Waals surface area (Å²) in [4.78, 5) is 5.40. The Bertz CT molecular complexity index is 281. The minimum Gasteiger partial charge on any atom is -0.329 e. The van der Waals surface area contributed by atoms with Gasteiger partial charge in [-0.15, -0.1) is 0 Å². The third-order valence-corrected chi connectivity index (χ3v) is 5.74. The molecule has 2 N–H and O–H groups in total. The van der Waals surface area contributed by atoms with Crippen molar-refractivity contribution in [2.75, 3.05) is 39.3 Å². The highest BCUT2D eigenvalue weighted by Gasteiger charge is 2.50. The second-order valence-corrected chi connectivity index (χ2v) is 6.35. The van der Waals surface area contributed by atoms with E-state index in [4.69, 9.17) is 5.73 Å². The van der Waals surface area contributed by atoms with Crippen molar-refractivity contribution in [3.8, 4) is 0 Å². The van der Waals surface area contributed by atoms with Crippen LogP contribution in [0, 0.1) is 11.8 Å². The normalized spacial score (nSPS) is 46.6. The maximum absolute atomic E-state index is 6.23. The van der Waals surface area contributed by atoms with Crippen LogP contribution in [-0.2, 0) is 0 Å². The van der Waals surface area contributed by atoms with Gasteiger partial charge in [-0.25, -0.2) is 0 Å². The Balaban J connectivity index is 1.77. The van der Waals surface area contributed by atoms with Gasteiger partial charge in [0.2, 0.25) is 0 Å². The highest BCUT2D eigenvalue weighted by atomic mass is 15.3. The van der Waals surface area contributed by atoms with Crippen LogP contribution in [0.1, 0.15) is 32.6 Å². The quantitative estimate of drug-likeness (QED) is 0.799. The van der Waals surface area contributed by atoms with E-state index in [2.05, 4.69) is 16.7 Å². The van der Waals surface area contributed by atoms with Gasteiger partial charge in [-0.05, 0) is 50.7 Å². The summed E-state index contributed by atoms with van der Waals surface area (Å²) in [5.41, 5.74) is 6.59. The SMILES string of the molecule is CCC1CCN(C2(CN)CCN3CCC2C3)C1. The molecule has 98 valence electrons. The first-order chi connectivity index (χ1) is 8.28. The van der Waals surface area contributed by atoms with E-state index >= 15 is 0 Å². The van der Waals surface area contributed by atoms with Crippen molar-refractivity contribution in [2.24, 2.45) is 17.6 Å². The van der Waals surface area contributed by atoms with Gasteiger partial charge in [0.1, 0.15) is 0 Å². The molecule has 0 saturated carbocycles. The Morgan fingerprint density at radius 3 is 2.76 bits per heavy atom. The molecule has 4 unspecified atom stereocenters. The fraction of sp³-hybridized carbons (Fsp3) is 1.00. The highest BCUT2D eigenvalue weighted by Crippen LogP contribution is 2.41. The highest BCUT2D eigenvalue weighted by molar-refractivity contribution is 5.06. The third kappa shape index (κ3) is 1.83. The van der Waals surface area contributed by atoms with Gasteiger partial charge in [0.05, 0.1) is 0 Å². The standard InChI is InChI=1S/C14H27N3/c1-2-12-3-7-17(9-12)14(11-15)5-8-16-6-4-13(14)10-16/h12-13H,2-11,15H2,1H3. The van der Waals surface area contributed by atoms with Crippen molar-refractivity contribution in [1.29, 1.82) is 0 Å². The third-order valence-electron chi connectivity index (χ3n) is 5.74. The zero-order valence-electron chi connectivity index (χ0n) is 11.2.